The van der Waals surface area contributed by atoms with Gasteiger partial charge in [0, 0.05) is 0 Å². The zero-order valence-electron chi connectivity index (χ0n) is 13.8. The smallest absolute Gasteiger partial charge is 0.00549 e. The molecule has 0 fully saturated rings. The maximum atomic E-state index is 2.44. The average molecular weight is 298 g/mol. The van der Waals surface area contributed by atoms with Crippen molar-refractivity contribution >= 4 is 16.8 Å². The second-order valence-electron chi connectivity index (χ2n) is 6.65. The fourth-order valence-corrected chi connectivity index (χ4v) is 3.58. The molecule has 0 heterocycles. The van der Waals surface area contributed by atoms with E-state index < -0.39 is 0 Å². The third-order valence-electron chi connectivity index (χ3n) is 5.23. The van der Waals surface area contributed by atoms with Crippen LogP contribution in [0.3, 0.4) is 0 Å². The van der Waals surface area contributed by atoms with Crippen LogP contribution in [0, 0.1) is 5.92 Å². The lowest BCUT2D eigenvalue weighted by atomic mass is 9.95. The van der Waals surface area contributed by atoms with Crippen molar-refractivity contribution in [2.45, 2.75) is 26.7 Å². The Labute approximate surface area is 138 Å². The van der Waals surface area contributed by atoms with Crippen molar-refractivity contribution in [2.24, 2.45) is 5.92 Å². The van der Waals surface area contributed by atoms with E-state index in [0.29, 0.717) is 5.92 Å². The van der Waals surface area contributed by atoms with Gasteiger partial charge in [-0.25, -0.2) is 0 Å². The van der Waals surface area contributed by atoms with E-state index in [1.165, 1.54) is 39.4 Å². The van der Waals surface area contributed by atoms with Gasteiger partial charge in [-0.2, -0.15) is 0 Å². The maximum Gasteiger partial charge on any atom is -0.00549 e. The van der Waals surface area contributed by atoms with Crippen LogP contribution in [0.2, 0.25) is 0 Å². The van der Waals surface area contributed by atoms with Crippen molar-refractivity contribution in [3.05, 3.63) is 77.4 Å². The number of hydrogen-bond donors (Lipinski definition) is 0. The lowest BCUT2D eigenvalue weighted by Gasteiger charge is -2.09. The summed E-state index contributed by atoms with van der Waals surface area (Å²) in [4.78, 5) is 0. The highest BCUT2D eigenvalue weighted by Crippen LogP contribution is 2.37. The molecule has 0 saturated carbocycles. The first-order valence-corrected chi connectivity index (χ1v) is 8.58. The van der Waals surface area contributed by atoms with Crippen LogP contribution in [0.15, 0.2) is 66.2 Å². The predicted octanol–water partition coefficient (Wildman–Crippen LogP) is 6.49. The summed E-state index contributed by atoms with van der Waals surface area (Å²) in [6, 6.07) is 22.1. The summed E-state index contributed by atoms with van der Waals surface area (Å²) in [5.74, 6) is 0.673. The highest BCUT2D eigenvalue weighted by molar-refractivity contribution is 5.90. The Morgan fingerprint density at radius 3 is 2.57 bits per heavy atom. The molecule has 23 heavy (non-hydrogen) atoms. The molecule has 3 aromatic rings. The topological polar surface area (TPSA) is 0 Å². The van der Waals surface area contributed by atoms with Gasteiger partial charge in [0.15, 0.2) is 0 Å². The van der Waals surface area contributed by atoms with Crippen LogP contribution >= 0.6 is 0 Å². The van der Waals surface area contributed by atoms with Crippen molar-refractivity contribution in [3.8, 4) is 11.1 Å². The van der Waals surface area contributed by atoms with Crippen molar-refractivity contribution < 1.29 is 0 Å². The normalized spacial score (nSPS) is 14.6. The Bertz CT molecular complexity index is 899. The van der Waals surface area contributed by atoms with Crippen LogP contribution in [0.5, 0.6) is 0 Å². The highest BCUT2D eigenvalue weighted by atomic mass is 14.2. The van der Waals surface area contributed by atoms with Gasteiger partial charge in [-0.15, -0.1) is 0 Å². The van der Waals surface area contributed by atoms with Gasteiger partial charge >= 0.3 is 0 Å². The minimum atomic E-state index is 0.673. The van der Waals surface area contributed by atoms with E-state index in [0.717, 1.165) is 6.42 Å². The zero-order chi connectivity index (χ0) is 15.8. The third-order valence-corrected chi connectivity index (χ3v) is 5.23. The largest absolute Gasteiger partial charge is 0.0648 e. The molecule has 0 radical (unpaired) electrons. The quantitative estimate of drug-likeness (QED) is 0.518. The minimum Gasteiger partial charge on any atom is -0.0648 e. The van der Waals surface area contributed by atoms with E-state index >= 15 is 0 Å². The SMILES string of the molecule is CCC(C)C1=Cc2c(cccc2-c2ccc3ccccc3c2)C1. The molecule has 3 aromatic carbocycles. The Morgan fingerprint density at radius 2 is 1.74 bits per heavy atom. The second kappa shape index (κ2) is 5.70. The number of allylic oxidation sites excluding steroid dienone is 1. The molecule has 1 atom stereocenters. The molecule has 0 aliphatic heterocycles. The predicted molar refractivity (Wildman–Crippen MR) is 101 cm³/mol. The average Bonchev–Trinajstić information content (AvgIpc) is 3.04. The Hall–Kier alpha value is -2.34. The van der Waals surface area contributed by atoms with E-state index in [9.17, 15) is 0 Å². The first-order valence-electron chi connectivity index (χ1n) is 8.58. The molecule has 0 amide bonds. The van der Waals surface area contributed by atoms with E-state index in [4.69, 9.17) is 0 Å². The molecule has 0 nitrogen and oxygen atoms in total. The first kappa shape index (κ1) is 14.3. The summed E-state index contributed by atoms with van der Waals surface area (Å²) in [6.45, 7) is 4.62. The van der Waals surface area contributed by atoms with Crippen molar-refractivity contribution in [3.63, 3.8) is 0 Å². The van der Waals surface area contributed by atoms with Gasteiger partial charge in [-0.1, -0.05) is 80.1 Å². The van der Waals surface area contributed by atoms with Crippen molar-refractivity contribution in [1.29, 1.82) is 0 Å². The molecule has 0 heteroatoms. The maximum absolute atomic E-state index is 2.44. The fraction of sp³-hybridized carbons (Fsp3) is 0.217. The molecule has 4 rings (SSSR count). The van der Waals surface area contributed by atoms with Crippen LogP contribution in [0.1, 0.15) is 31.4 Å². The zero-order valence-corrected chi connectivity index (χ0v) is 13.8. The minimum absolute atomic E-state index is 0.673. The van der Waals surface area contributed by atoms with E-state index in [1.807, 2.05) is 0 Å². The van der Waals surface area contributed by atoms with Crippen LogP contribution in [0.25, 0.3) is 28.0 Å². The van der Waals surface area contributed by atoms with E-state index in [1.54, 1.807) is 5.57 Å². The molecule has 0 aromatic heterocycles. The molecule has 1 unspecified atom stereocenters. The molecule has 1 aliphatic rings. The molecule has 0 saturated heterocycles. The van der Waals surface area contributed by atoms with Crippen LogP contribution in [-0.4, -0.2) is 0 Å². The standard InChI is InChI=1S/C23H22/c1-3-16(2)21-14-19-9-6-10-22(23(19)15-21)20-12-11-17-7-4-5-8-18(17)13-20/h4-13,15-16H,3,14H2,1-2H3. The number of fused-ring (bicyclic) bond motifs is 2. The second-order valence-corrected chi connectivity index (χ2v) is 6.65. The van der Waals surface area contributed by atoms with Gasteiger partial charge in [0.25, 0.3) is 0 Å². The number of hydrogen-bond acceptors (Lipinski definition) is 0. The molecular formula is C23H22. The Morgan fingerprint density at radius 1 is 0.913 bits per heavy atom. The summed E-state index contributed by atoms with van der Waals surface area (Å²) >= 11 is 0. The molecule has 0 N–H and O–H groups in total. The fourth-order valence-electron chi connectivity index (χ4n) is 3.58. The van der Waals surface area contributed by atoms with E-state index in [-0.39, 0.29) is 0 Å². The summed E-state index contributed by atoms with van der Waals surface area (Å²) in [5, 5.41) is 2.62. The van der Waals surface area contributed by atoms with Crippen LogP contribution < -0.4 is 0 Å². The van der Waals surface area contributed by atoms with Gasteiger partial charge < -0.3 is 0 Å². The molecule has 1 aliphatic carbocycles. The monoisotopic (exact) mass is 298 g/mol. The van der Waals surface area contributed by atoms with E-state index in [2.05, 4.69) is 80.6 Å². The van der Waals surface area contributed by atoms with Gasteiger partial charge in [0.2, 0.25) is 0 Å². The highest BCUT2D eigenvalue weighted by Gasteiger charge is 2.19. The third kappa shape index (κ3) is 2.49. The number of rotatable bonds is 3. The van der Waals surface area contributed by atoms with Crippen LogP contribution in [-0.2, 0) is 6.42 Å². The van der Waals surface area contributed by atoms with Gasteiger partial charge in [-0.3, -0.25) is 0 Å². The Balaban J connectivity index is 1.84. The summed E-state index contributed by atoms with van der Waals surface area (Å²) in [5.41, 5.74) is 7.17. The molecule has 114 valence electrons. The Kier molecular flexibility index (Phi) is 3.53. The molecule has 0 bridgehead atoms. The van der Waals surface area contributed by atoms with Crippen molar-refractivity contribution in [2.75, 3.05) is 0 Å². The van der Waals surface area contributed by atoms with Gasteiger partial charge in [0.05, 0.1) is 0 Å². The first-order chi connectivity index (χ1) is 11.3. The molecule has 0 spiro atoms. The summed E-state index contributed by atoms with van der Waals surface area (Å²) in [7, 11) is 0. The van der Waals surface area contributed by atoms with Crippen LogP contribution in [0.4, 0.5) is 0 Å². The summed E-state index contributed by atoms with van der Waals surface area (Å²) in [6.07, 6.45) is 4.77. The van der Waals surface area contributed by atoms with Gasteiger partial charge in [-0.05, 0) is 57.9 Å². The summed E-state index contributed by atoms with van der Waals surface area (Å²) < 4.78 is 0. The lowest BCUT2D eigenvalue weighted by molar-refractivity contribution is 0.647. The molecular weight excluding hydrogens is 276 g/mol. The lowest BCUT2D eigenvalue weighted by Crippen LogP contribution is -1.96. The van der Waals surface area contributed by atoms with Gasteiger partial charge in [0.1, 0.15) is 0 Å². The van der Waals surface area contributed by atoms with Crippen molar-refractivity contribution in [1.82, 2.24) is 0 Å². The number of benzene rings is 3.